The molecule has 388 valence electrons. The SMILES string of the molecule is CC.CCCCCCCCCCCCO.CCCCCCCCCCCCOC(=O)/C(=C/C=C/N(C)CC)S(=O)(=O)c1ccccc1.CCN(C)/C=C/C=C(/C(=O)OC)S(=O)(=O)c1ccccc1. The monoisotopic (exact) mass is 989 g/mol. The maximum absolute atomic E-state index is 13.0. The Hall–Kier alpha value is -4.20. The molecule has 0 bridgehead atoms. The van der Waals surface area contributed by atoms with Gasteiger partial charge in [0.05, 0.1) is 23.5 Å². The minimum absolute atomic E-state index is 0.0545. The molecule has 0 aliphatic heterocycles. The van der Waals surface area contributed by atoms with Crippen molar-refractivity contribution in [3.8, 4) is 0 Å². The Kier molecular flexibility index (Phi) is 42.7. The summed E-state index contributed by atoms with van der Waals surface area (Å²) < 4.78 is 60.8. The van der Waals surface area contributed by atoms with Crippen molar-refractivity contribution >= 4 is 31.6 Å². The van der Waals surface area contributed by atoms with E-state index < -0.39 is 36.5 Å². The Labute approximate surface area is 415 Å². The average molecular weight is 989 g/mol. The number of hydrogen-bond acceptors (Lipinski definition) is 11. The number of unbranched alkanes of at least 4 members (excludes halogenated alkanes) is 18. The van der Waals surface area contributed by atoms with Crippen LogP contribution in [0.4, 0.5) is 0 Å². The van der Waals surface area contributed by atoms with E-state index in [1.54, 1.807) is 54.9 Å². The van der Waals surface area contributed by atoms with E-state index in [1.807, 2.05) is 51.6 Å². The van der Waals surface area contributed by atoms with Gasteiger partial charge in [0, 0.05) is 33.8 Å². The lowest BCUT2D eigenvalue weighted by atomic mass is 10.1. The lowest BCUT2D eigenvalue weighted by Crippen LogP contribution is -2.17. The van der Waals surface area contributed by atoms with Crippen LogP contribution in [0.25, 0.3) is 0 Å². The minimum Gasteiger partial charge on any atom is -0.465 e. The Balaban J connectivity index is 0. The van der Waals surface area contributed by atoms with Crippen molar-refractivity contribution in [2.75, 3.05) is 47.5 Å². The number of hydrogen-bond donors (Lipinski definition) is 1. The molecule has 0 fully saturated rings. The van der Waals surface area contributed by atoms with Crippen molar-refractivity contribution in [3.63, 3.8) is 0 Å². The summed E-state index contributed by atoms with van der Waals surface area (Å²) in [6, 6.07) is 15.8. The second-order valence-electron chi connectivity index (χ2n) is 16.2. The van der Waals surface area contributed by atoms with Gasteiger partial charge in [-0.25, -0.2) is 26.4 Å². The number of carbonyl (C=O) groups is 2. The molecule has 0 saturated heterocycles. The zero-order chi connectivity index (χ0) is 51.3. The molecule has 68 heavy (non-hydrogen) atoms. The molecule has 13 heteroatoms. The van der Waals surface area contributed by atoms with E-state index >= 15 is 0 Å². The first-order valence-electron chi connectivity index (χ1n) is 25.4. The number of aliphatic hydroxyl groups is 1. The van der Waals surface area contributed by atoms with Gasteiger partial charge in [-0.3, -0.25) is 0 Å². The van der Waals surface area contributed by atoms with Crippen LogP contribution in [0.2, 0.25) is 0 Å². The van der Waals surface area contributed by atoms with E-state index in [-0.39, 0.29) is 21.3 Å². The Bertz CT molecular complexity index is 1870. The number of sulfone groups is 2. The third-order valence-electron chi connectivity index (χ3n) is 10.7. The Morgan fingerprint density at radius 2 is 0.838 bits per heavy atom. The van der Waals surface area contributed by atoms with Crippen LogP contribution >= 0.6 is 0 Å². The summed E-state index contributed by atoms with van der Waals surface area (Å²) in [5.41, 5.74) is 0. The summed E-state index contributed by atoms with van der Waals surface area (Å²) in [4.78, 5) is 27.6. The van der Waals surface area contributed by atoms with E-state index in [4.69, 9.17) is 9.84 Å². The molecule has 2 aromatic carbocycles. The molecule has 0 radical (unpaired) electrons. The topological polar surface area (TPSA) is 148 Å². The lowest BCUT2D eigenvalue weighted by molar-refractivity contribution is -0.138. The number of rotatable bonds is 33. The quantitative estimate of drug-likeness (QED) is 0.0315. The van der Waals surface area contributed by atoms with Gasteiger partial charge in [0.2, 0.25) is 19.7 Å². The van der Waals surface area contributed by atoms with Crippen molar-refractivity contribution in [1.82, 2.24) is 9.80 Å². The number of ether oxygens (including phenoxy) is 2. The van der Waals surface area contributed by atoms with Crippen LogP contribution < -0.4 is 0 Å². The number of benzene rings is 2. The maximum atomic E-state index is 13.0. The fourth-order valence-corrected chi connectivity index (χ4v) is 8.91. The molecule has 0 atom stereocenters. The standard InChI is InChI=1S/C26H41NO4S.C15H19NO4S.C12H26O.C2H6/c1-4-6-7-8-9-10-11-12-13-17-23-31-26(28)25(21-18-22-27(3)5-2)32(29,30)24-19-15-14-16-20-24;1-4-16(2)12-8-11-14(15(17)20-3)21(18,19)13-9-6-5-7-10-13;1-2-3-4-5-6-7-8-9-10-11-12-13;1-2/h14-16,18-22H,4-13,17,23H2,1-3H3;5-12H,4H2,1-3H3;13H,2-12H2,1H3;1-2H3/b22-18+,25-21-;12-8+,14-11-;;. The van der Waals surface area contributed by atoms with Gasteiger partial charge in [-0.2, -0.15) is 0 Å². The normalized spacial score (nSPS) is 11.7. The van der Waals surface area contributed by atoms with E-state index in [2.05, 4.69) is 18.6 Å². The van der Waals surface area contributed by atoms with E-state index in [0.717, 1.165) is 45.9 Å². The molecule has 2 rings (SSSR count). The average Bonchev–Trinajstić information content (AvgIpc) is 3.36. The molecule has 0 aliphatic carbocycles. The summed E-state index contributed by atoms with van der Waals surface area (Å²) in [5, 5.41) is 8.57. The van der Waals surface area contributed by atoms with Crippen molar-refractivity contribution in [3.05, 3.63) is 107 Å². The molecule has 0 saturated carbocycles. The number of methoxy groups -OCH3 is 1. The first-order chi connectivity index (χ1) is 32.8. The Morgan fingerprint density at radius 3 is 1.16 bits per heavy atom. The van der Waals surface area contributed by atoms with E-state index in [0.29, 0.717) is 6.61 Å². The van der Waals surface area contributed by atoms with E-state index in [1.165, 1.54) is 145 Å². The maximum Gasteiger partial charge on any atom is 0.350 e. The molecule has 0 unspecified atom stereocenters. The van der Waals surface area contributed by atoms with Crippen LogP contribution in [-0.2, 0) is 38.7 Å². The molecular weight excluding hydrogens is 897 g/mol. The van der Waals surface area contributed by atoms with Gasteiger partial charge in [-0.15, -0.1) is 0 Å². The zero-order valence-electron chi connectivity index (χ0n) is 43.6. The minimum atomic E-state index is -3.95. The fraction of sp³-hybridized carbons (Fsp3) is 0.600. The van der Waals surface area contributed by atoms with Crippen LogP contribution in [0.1, 0.15) is 170 Å². The predicted molar refractivity (Wildman–Crippen MR) is 283 cm³/mol. The van der Waals surface area contributed by atoms with Crippen LogP contribution in [0.3, 0.4) is 0 Å². The lowest BCUT2D eigenvalue weighted by Gasteiger charge is -2.11. The molecule has 0 aliphatic rings. The summed E-state index contributed by atoms with van der Waals surface area (Å²) in [5.74, 6) is -1.68. The summed E-state index contributed by atoms with van der Waals surface area (Å²) in [6.45, 7) is 14.6. The molecule has 0 aromatic heterocycles. The number of allylic oxidation sites excluding steroid dienone is 4. The zero-order valence-corrected chi connectivity index (χ0v) is 45.3. The van der Waals surface area contributed by atoms with Gasteiger partial charge in [0.25, 0.3) is 0 Å². The van der Waals surface area contributed by atoms with E-state index in [9.17, 15) is 26.4 Å². The van der Waals surface area contributed by atoms with Gasteiger partial charge in [-0.1, -0.05) is 180 Å². The fourth-order valence-electron chi connectivity index (χ4n) is 6.28. The third kappa shape index (κ3) is 31.8. The molecule has 11 nitrogen and oxygen atoms in total. The summed E-state index contributed by atoms with van der Waals surface area (Å²) >= 11 is 0. The second-order valence-corrected chi connectivity index (χ2v) is 20.1. The van der Waals surface area contributed by atoms with Gasteiger partial charge in [-0.05, 0) is 87.7 Å². The highest BCUT2D eigenvalue weighted by Crippen LogP contribution is 2.22. The first kappa shape index (κ1) is 65.9. The number of nitrogens with zero attached hydrogens (tertiary/aromatic N) is 2. The third-order valence-corrected chi connectivity index (χ3v) is 14.2. The molecule has 2 aromatic rings. The highest BCUT2D eigenvalue weighted by molar-refractivity contribution is 7.96. The largest absolute Gasteiger partial charge is 0.465 e. The Morgan fingerprint density at radius 1 is 0.515 bits per heavy atom. The first-order valence-corrected chi connectivity index (χ1v) is 28.4. The highest BCUT2D eigenvalue weighted by Gasteiger charge is 2.28. The highest BCUT2D eigenvalue weighted by atomic mass is 32.2. The van der Waals surface area contributed by atoms with Gasteiger partial charge >= 0.3 is 11.9 Å². The van der Waals surface area contributed by atoms with Crippen molar-refractivity contribution in [2.24, 2.45) is 0 Å². The predicted octanol–water partition coefficient (Wildman–Crippen LogP) is 13.2. The number of aliphatic hydroxyl groups excluding tert-OH is 1. The van der Waals surface area contributed by atoms with Crippen molar-refractivity contribution in [1.29, 1.82) is 0 Å². The smallest absolute Gasteiger partial charge is 0.350 e. The van der Waals surface area contributed by atoms with Crippen LogP contribution in [-0.4, -0.2) is 91.2 Å². The summed E-state index contributed by atoms with van der Waals surface area (Å²) in [6.07, 6.45) is 34.2. The molecule has 0 spiro atoms. The second kappa shape index (κ2) is 44.0. The molecular formula is C55H92N2O9S2. The van der Waals surface area contributed by atoms with Gasteiger partial charge in [0.1, 0.15) is 0 Å². The summed E-state index contributed by atoms with van der Waals surface area (Å²) in [7, 11) is -2.99. The van der Waals surface area contributed by atoms with Crippen molar-refractivity contribution < 1.29 is 41.0 Å². The number of carbonyl (C=O) groups excluding carboxylic acids is 2. The molecule has 0 heterocycles. The van der Waals surface area contributed by atoms with Crippen LogP contribution in [0, 0.1) is 0 Å². The van der Waals surface area contributed by atoms with Gasteiger partial charge in [0.15, 0.2) is 9.81 Å². The molecule has 0 amide bonds. The van der Waals surface area contributed by atoms with Crippen LogP contribution in [0.5, 0.6) is 0 Å². The van der Waals surface area contributed by atoms with Gasteiger partial charge < -0.3 is 24.4 Å². The number of esters is 2. The van der Waals surface area contributed by atoms with Crippen molar-refractivity contribution in [2.45, 2.75) is 180 Å². The van der Waals surface area contributed by atoms with Crippen LogP contribution in [0.15, 0.2) is 117 Å². The molecule has 1 N–H and O–H groups in total.